The van der Waals surface area contributed by atoms with Gasteiger partial charge in [0.15, 0.2) is 9.84 Å². The van der Waals surface area contributed by atoms with Crippen molar-refractivity contribution in [3.05, 3.63) is 0 Å². The average molecular weight is 752 g/mol. The van der Waals surface area contributed by atoms with E-state index < -0.39 is 73.2 Å². The molecule has 4 atom stereocenters. The summed E-state index contributed by atoms with van der Waals surface area (Å²) >= 11 is 0. The van der Waals surface area contributed by atoms with E-state index in [1.807, 2.05) is 41.5 Å². The van der Waals surface area contributed by atoms with Crippen molar-refractivity contribution in [3.8, 4) is 0 Å². The number of likely N-dealkylation sites (tertiary alicyclic amines) is 1. The number of urea groups is 1. The molecule has 14 heteroatoms. The topological polar surface area (TPSA) is 180 Å². The lowest BCUT2D eigenvalue weighted by Gasteiger charge is -2.42. The maximum atomic E-state index is 14.6. The Kier molecular flexibility index (Phi) is 13.9. The van der Waals surface area contributed by atoms with E-state index in [9.17, 15) is 32.4 Å². The molecule has 2 aliphatic heterocycles. The van der Waals surface area contributed by atoms with Gasteiger partial charge in [0, 0.05) is 25.8 Å². The molecule has 2 saturated heterocycles. The van der Waals surface area contributed by atoms with Crippen LogP contribution in [0.15, 0.2) is 0 Å². The highest BCUT2D eigenvalue weighted by atomic mass is 32.2. The summed E-state index contributed by atoms with van der Waals surface area (Å²) in [6.45, 7) is 14.3. The van der Waals surface area contributed by atoms with Gasteiger partial charge in [-0.3, -0.25) is 19.2 Å². The van der Waals surface area contributed by atoms with E-state index in [0.29, 0.717) is 58.2 Å². The van der Waals surface area contributed by atoms with Crippen LogP contribution in [0.25, 0.3) is 0 Å². The zero-order valence-electron chi connectivity index (χ0n) is 32.6. The van der Waals surface area contributed by atoms with Gasteiger partial charge in [0.25, 0.3) is 5.91 Å². The monoisotopic (exact) mass is 751 g/mol. The average Bonchev–Trinajstić information content (AvgIpc) is 3.77. The molecule has 13 nitrogen and oxygen atoms in total. The Morgan fingerprint density at radius 2 is 1.56 bits per heavy atom. The summed E-state index contributed by atoms with van der Waals surface area (Å²) in [5.41, 5.74) is -1.74. The number of carbonyl (C=O) groups excluding carboxylic acids is 5. The van der Waals surface area contributed by atoms with E-state index in [2.05, 4.69) is 21.3 Å². The van der Waals surface area contributed by atoms with Gasteiger partial charge in [0.05, 0.1) is 22.1 Å². The predicted molar refractivity (Wildman–Crippen MR) is 199 cm³/mol. The van der Waals surface area contributed by atoms with Crippen molar-refractivity contribution >= 4 is 39.4 Å². The first-order valence-electron chi connectivity index (χ1n) is 19.7. The Bertz CT molecular complexity index is 1410. The SMILES string of the molecule is CCCC[C@H](NC(=O)[C@@H]1[C@@H](C(C)C)CCN1C(=O)[C@@H](NC(=O)NC1(CS(=O)(=O)C2(C)CCOCC2)CCCCC1)C(C)(C)C)C(=O)C(=O)NC1CC1. The molecule has 0 aromatic carbocycles. The number of ketones is 1. The molecule has 2 saturated carbocycles. The summed E-state index contributed by atoms with van der Waals surface area (Å²) in [7, 11) is -3.63. The lowest BCUT2D eigenvalue weighted by molar-refractivity contribution is -0.145. The minimum atomic E-state index is -3.63. The fourth-order valence-electron chi connectivity index (χ4n) is 8.08. The van der Waals surface area contributed by atoms with Crippen molar-refractivity contribution in [3.63, 3.8) is 0 Å². The maximum absolute atomic E-state index is 14.6. The summed E-state index contributed by atoms with van der Waals surface area (Å²) in [4.78, 5) is 70.1. The lowest BCUT2D eigenvalue weighted by Crippen LogP contribution is -2.64. The van der Waals surface area contributed by atoms with E-state index in [1.54, 1.807) is 6.92 Å². The molecule has 0 bridgehead atoms. The molecule has 5 amide bonds. The third-order valence-corrected chi connectivity index (χ3v) is 14.7. The number of unbranched alkanes of at least 4 members (excludes halogenated alkanes) is 1. The van der Waals surface area contributed by atoms with Crippen LogP contribution in [0.4, 0.5) is 4.79 Å². The standard InChI is InChI=1S/C38H65N5O8S/c1-8-9-13-28(30(44)33(46)39-26-14-15-26)40-32(45)29-27(25(2)3)16-21-43(29)34(47)31(36(4,5)6)41-35(48)42-38(17-11-10-12-18-38)24-52(49,50)37(7)19-22-51-23-20-37/h25-29,31H,8-24H2,1-7H3,(H,39,46)(H,40,45)(H2,41,42,48)/t27-,28+,29+,31-/m1/s1. The second kappa shape index (κ2) is 17.2. The number of rotatable bonds is 15. The number of nitrogens with one attached hydrogen (secondary N) is 4. The maximum Gasteiger partial charge on any atom is 0.315 e. The molecule has 4 aliphatic rings. The van der Waals surface area contributed by atoms with Crippen LogP contribution in [0.1, 0.15) is 132 Å². The molecule has 0 spiro atoms. The van der Waals surface area contributed by atoms with Crippen LogP contribution in [0.2, 0.25) is 0 Å². The molecule has 0 aromatic rings. The minimum Gasteiger partial charge on any atom is -0.381 e. The first-order valence-corrected chi connectivity index (χ1v) is 21.3. The van der Waals surface area contributed by atoms with Gasteiger partial charge < -0.3 is 30.9 Å². The molecule has 4 rings (SSSR count). The number of Topliss-reactive ketones (excluding diaryl/α,β-unsaturated/α-hetero) is 1. The van der Waals surface area contributed by atoms with Crippen LogP contribution >= 0.6 is 0 Å². The summed E-state index contributed by atoms with van der Waals surface area (Å²) < 4.78 is 32.3. The molecular weight excluding hydrogens is 687 g/mol. The molecule has 4 N–H and O–H groups in total. The molecule has 0 unspecified atom stereocenters. The highest BCUT2D eigenvalue weighted by molar-refractivity contribution is 7.92. The second-order valence-electron chi connectivity index (χ2n) is 17.5. The number of hydrogen-bond donors (Lipinski definition) is 4. The molecule has 2 heterocycles. The van der Waals surface area contributed by atoms with Gasteiger partial charge in [-0.05, 0) is 75.5 Å². The van der Waals surface area contributed by atoms with Gasteiger partial charge in [-0.1, -0.05) is 73.6 Å². The molecule has 4 fully saturated rings. The van der Waals surface area contributed by atoms with Crippen LogP contribution in [0.3, 0.4) is 0 Å². The van der Waals surface area contributed by atoms with Gasteiger partial charge in [0.1, 0.15) is 12.1 Å². The highest BCUT2D eigenvalue weighted by Gasteiger charge is 2.50. The van der Waals surface area contributed by atoms with E-state index in [4.69, 9.17) is 4.74 Å². The summed E-state index contributed by atoms with van der Waals surface area (Å²) in [5.74, 6) is -2.64. The quantitative estimate of drug-likeness (QED) is 0.183. The Morgan fingerprint density at radius 1 is 0.923 bits per heavy atom. The third kappa shape index (κ3) is 10.3. The number of sulfone groups is 1. The largest absolute Gasteiger partial charge is 0.381 e. The van der Waals surface area contributed by atoms with Crippen molar-refractivity contribution in [1.29, 1.82) is 0 Å². The van der Waals surface area contributed by atoms with Crippen molar-refractivity contribution in [2.45, 2.75) is 166 Å². The van der Waals surface area contributed by atoms with Crippen LogP contribution in [0.5, 0.6) is 0 Å². The number of carbonyl (C=O) groups is 5. The van der Waals surface area contributed by atoms with Crippen LogP contribution in [-0.4, -0.2) is 103 Å². The van der Waals surface area contributed by atoms with Crippen LogP contribution in [-0.2, 0) is 33.8 Å². The van der Waals surface area contributed by atoms with E-state index in [0.717, 1.165) is 38.5 Å². The van der Waals surface area contributed by atoms with Gasteiger partial charge in [-0.2, -0.15) is 0 Å². The van der Waals surface area contributed by atoms with Crippen molar-refractivity contribution in [1.82, 2.24) is 26.2 Å². The van der Waals surface area contributed by atoms with Gasteiger partial charge in [-0.25, -0.2) is 13.2 Å². The van der Waals surface area contributed by atoms with Crippen LogP contribution < -0.4 is 21.3 Å². The smallest absolute Gasteiger partial charge is 0.315 e. The Morgan fingerprint density at radius 3 is 2.12 bits per heavy atom. The summed E-state index contributed by atoms with van der Waals surface area (Å²) in [6, 6.07) is -3.57. The highest BCUT2D eigenvalue weighted by Crippen LogP contribution is 2.37. The van der Waals surface area contributed by atoms with Crippen molar-refractivity contribution in [2.75, 3.05) is 25.5 Å². The Hall–Kier alpha value is -2.74. The van der Waals surface area contributed by atoms with Crippen molar-refractivity contribution < 1.29 is 37.1 Å². The van der Waals surface area contributed by atoms with Gasteiger partial charge in [-0.15, -0.1) is 0 Å². The van der Waals surface area contributed by atoms with Gasteiger partial charge in [0.2, 0.25) is 17.6 Å². The Balaban J connectivity index is 1.54. The first-order chi connectivity index (χ1) is 24.3. The summed E-state index contributed by atoms with van der Waals surface area (Å²) in [6.07, 6.45) is 8.28. The van der Waals surface area contributed by atoms with Crippen LogP contribution in [0, 0.1) is 17.3 Å². The minimum absolute atomic E-state index is 0.000977. The molecule has 296 valence electrons. The van der Waals surface area contributed by atoms with E-state index in [1.165, 1.54) is 4.90 Å². The van der Waals surface area contributed by atoms with Gasteiger partial charge >= 0.3 is 6.03 Å². The molecule has 0 radical (unpaired) electrons. The molecule has 52 heavy (non-hydrogen) atoms. The lowest BCUT2D eigenvalue weighted by atomic mass is 9.83. The number of amides is 5. The molecular formula is C38H65N5O8S. The zero-order chi connectivity index (χ0) is 38.5. The third-order valence-electron chi connectivity index (χ3n) is 11.8. The second-order valence-corrected chi connectivity index (χ2v) is 20.1. The van der Waals surface area contributed by atoms with Crippen molar-refractivity contribution in [2.24, 2.45) is 17.3 Å². The molecule has 2 aliphatic carbocycles. The summed E-state index contributed by atoms with van der Waals surface area (Å²) in [5, 5.41) is 11.6. The Labute approximate surface area is 311 Å². The fourth-order valence-corrected chi connectivity index (χ4v) is 10.3. The predicted octanol–water partition coefficient (Wildman–Crippen LogP) is 3.78. The number of hydrogen-bond acceptors (Lipinski definition) is 8. The van der Waals surface area contributed by atoms with E-state index in [-0.39, 0.29) is 30.2 Å². The fraction of sp³-hybridized carbons (Fsp3) is 0.868. The van der Waals surface area contributed by atoms with E-state index >= 15 is 0 Å². The molecule has 0 aromatic heterocycles. The normalized spacial score (nSPS) is 24.4. The zero-order valence-corrected chi connectivity index (χ0v) is 33.4. The first kappa shape index (κ1) is 42.0. The number of ether oxygens (including phenoxy) is 1. The number of nitrogens with zero attached hydrogens (tertiary/aromatic N) is 1.